The molecule has 0 spiro atoms. The van der Waals surface area contributed by atoms with Gasteiger partial charge in [0.25, 0.3) is 5.91 Å². The van der Waals surface area contributed by atoms with E-state index in [4.69, 9.17) is 11.6 Å². The van der Waals surface area contributed by atoms with Crippen molar-refractivity contribution >= 4 is 35.5 Å². The predicted octanol–water partition coefficient (Wildman–Crippen LogP) is 5.52. The number of amides is 1. The second-order valence-electron chi connectivity index (χ2n) is 6.81. The number of carbonyl (C=O) groups is 1. The minimum absolute atomic E-state index is 0.103. The molecule has 6 heteroatoms. The zero-order valence-corrected chi connectivity index (χ0v) is 18.3. The van der Waals surface area contributed by atoms with Crippen LogP contribution in [0.5, 0.6) is 0 Å². The number of hydrogen-bond acceptors (Lipinski definition) is 3. The summed E-state index contributed by atoms with van der Waals surface area (Å²) in [7, 11) is 0. The standard InChI is InChI=1S/C23H24ClN3OS/c1-16-13-20(17(2)27(16)22-11-9-21(24)10-12-22)14-25-26-23(28)18(3)29-15-19-7-5-4-6-8-19/h4-14,18H,15H2,1-3H3,(H,26,28)/b25-14-/t18-/m0/s1. The molecule has 0 saturated heterocycles. The number of nitrogens with one attached hydrogen (secondary N) is 1. The van der Waals surface area contributed by atoms with Crippen molar-refractivity contribution in [3.05, 3.63) is 88.2 Å². The van der Waals surface area contributed by atoms with E-state index < -0.39 is 0 Å². The van der Waals surface area contributed by atoms with Crippen LogP contribution in [0.2, 0.25) is 5.02 Å². The number of thioether (sulfide) groups is 1. The molecule has 0 unspecified atom stereocenters. The van der Waals surface area contributed by atoms with Crippen LogP contribution in [-0.4, -0.2) is 21.9 Å². The van der Waals surface area contributed by atoms with Crippen LogP contribution in [0, 0.1) is 13.8 Å². The highest BCUT2D eigenvalue weighted by molar-refractivity contribution is 7.99. The summed E-state index contributed by atoms with van der Waals surface area (Å²) in [5.41, 5.74) is 8.00. The summed E-state index contributed by atoms with van der Waals surface area (Å²) in [5, 5.41) is 4.69. The molecule has 0 fully saturated rings. The van der Waals surface area contributed by atoms with Crippen LogP contribution < -0.4 is 5.43 Å². The van der Waals surface area contributed by atoms with E-state index in [1.165, 1.54) is 5.56 Å². The number of hydrogen-bond donors (Lipinski definition) is 1. The van der Waals surface area contributed by atoms with Crippen LogP contribution in [0.4, 0.5) is 0 Å². The third-order valence-corrected chi connectivity index (χ3v) is 6.11. The first kappa shape index (κ1) is 21.2. The van der Waals surface area contributed by atoms with Gasteiger partial charge in [0.1, 0.15) is 0 Å². The first-order chi connectivity index (χ1) is 14.0. The summed E-state index contributed by atoms with van der Waals surface area (Å²) in [5.74, 6) is 0.690. The molecule has 0 aliphatic heterocycles. The Labute approximate surface area is 181 Å². The van der Waals surface area contributed by atoms with Crippen LogP contribution in [0.1, 0.15) is 29.4 Å². The molecule has 150 valence electrons. The molecule has 1 aromatic heterocycles. The number of nitrogens with zero attached hydrogens (tertiary/aromatic N) is 2. The maximum atomic E-state index is 12.3. The molecule has 0 bridgehead atoms. The SMILES string of the molecule is Cc1cc(/C=N\NC(=O)[C@H](C)SCc2ccccc2)c(C)n1-c1ccc(Cl)cc1. The summed E-state index contributed by atoms with van der Waals surface area (Å²) in [6.45, 7) is 5.97. The number of rotatable bonds is 7. The topological polar surface area (TPSA) is 46.4 Å². The van der Waals surface area contributed by atoms with Crippen molar-refractivity contribution in [1.82, 2.24) is 9.99 Å². The van der Waals surface area contributed by atoms with Gasteiger partial charge in [0, 0.05) is 33.4 Å². The lowest BCUT2D eigenvalue weighted by molar-refractivity contribution is -0.120. The highest BCUT2D eigenvalue weighted by Crippen LogP contribution is 2.21. The monoisotopic (exact) mass is 425 g/mol. The molecule has 1 amide bonds. The van der Waals surface area contributed by atoms with Crippen molar-refractivity contribution in [2.45, 2.75) is 31.8 Å². The van der Waals surface area contributed by atoms with Gasteiger partial charge in [-0.25, -0.2) is 5.43 Å². The lowest BCUT2D eigenvalue weighted by Gasteiger charge is -2.10. The maximum absolute atomic E-state index is 12.3. The van der Waals surface area contributed by atoms with Crippen molar-refractivity contribution in [3.8, 4) is 5.69 Å². The lowest BCUT2D eigenvalue weighted by Crippen LogP contribution is -2.27. The summed E-state index contributed by atoms with van der Waals surface area (Å²) < 4.78 is 2.14. The van der Waals surface area contributed by atoms with Gasteiger partial charge in [0.05, 0.1) is 11.5 Å². The molecular weight excluding hydrogens is 402 g/mol. The van der Waals surface area contributed by atoms with E-state index >= 15 is 0 Å². The fourth-order valence-electron chi connectivity index (χ4n) is 3.03. The van der Waals surface area contributed by atoms with Crippen LogP contribution in [0.3, 0.4) is 0 Å². The van der Waals surface area contributed by atoms with E-state index in [1.807, 2.05) is 69.3 Å². The summed E-state index contributed by atoms with van der Waals surface area (Å²) >= 11 is 7.58. The molecule has 0 radical (unpaired) electrons. The van der Waals surface area contributed by atoms with Gasteiger partial charge in [0.2, 0.25) is 0 Å². The molecule has 0 aliphatic rings. The Morgan fingerprint density at radius 1 is 1.17 bits per heavy atom. The van der Waals surface area contributed by atoms with Crippen molar-refractivity contribution in [2.24, 2.45) is 5.10 Å². The number of hydrazone groups is 1. The molecule has 3 aromatic rings. The van der Waals surface area contributed by atoms with E-state index in [9.17, 15) is 4.79 Å². The Bertz CT molecular complexity index is 997. The van der Waals surface area contributed by atoms with Crippen molar-refractivity contribution in [1.29, 1.82) is 0 Å². The zero-order chi connectivity index (χ0) is 20.8. The van der Waals surface area contributed by atoms with Crippen LogP contribution >= 0.6 is 23.4 Å². The van der Waals surface area contributed by atoms with Gasteiger partial charge in [-0.3, -0.25) is 4.79 Å². The third-order valence-electron chi connectivity index (χ3n) is 4.65. The summed E-state index contributed by atoms with van der Waals surface area (Å²) in [6.07, 6.45) is 1.70. The van der Waals surface area contributed by atoms with Gasteiger partial charge in [-0.1, -0.05) is 41.9 Å². The van der Waals surface area contributed by atoms with E-state index in [0.29, 0.717) is 5.02 Å². The molecule has 4 nitrogen and oxygen atoms in total. The minimum atomic E-state index is -0.186. The first-order valence-electron chi connectivity index (χ1n) is 9.39. The second kappa shape index (κ2) is 9.81. The number of aryl methyl sites for hydroxylation is 1. The van der Waals surface area contributed by atoms with Crippen molar-refractivity contribution in [2.75, 3.05) is 0 Å². The van der Waals surface area contributed by atoms with Gasteiger partial charge in [-0.2, -0.15) is 5.10 Å². The Hall–Kier alpha value is -2.50. The van der Waals surface area contributed by atoms with Gasteiger partial charge < -0.3 is 4.57 Å². The highest BCUT2D eigenvalue weighted by Gasteiger charge is 2.13. The van der Waals surface area contributed by atoms with Crippen LogP contribution in [0.25, 0.3) is 5.69 Å². The number of benzene rings is 2. The van der Waals surface area contributed by atoms with E-state index in [-0.39, 0.29) is 11.2 Å². The molecule has 2 aromatic carbocycles. The number of halogens is 1. The fraction of sp³-hybridized carbons (Fsp3) is 0.217. The normalized spacial score (nSPS) is 12.3. The molecule has 1 N–H and O–H groups in total. The smallest absolute Gasteiger partial charge is 0.252 e. The van der Waals surface area contributed by atoms with Gasteiger partial charge >= 0.3 is 0 Å². The Morgan fingerprint density at radius 2 is 1.86 bits per heavy atom. The zero-order valence-electron chi connectivity index (χ0n) is 16.7. The van der Waals surface area contributed by atoms with E-state index in [0.717, 1.165) is 28.4 Å². The maximum Gasteiger partial charge on any atom is 0.252 e. The highest BCUT2D eigenvalue weighted by atomic mass is 35.5. The molecule has 3 rings (SSSR count). The Kier molecular flexibility index (Phi) is 7.18. The largest absolute Gasteiger partial charge is 0.318 e. The van der Waals surface area contributed by atoms with Gasteiger partial charge in [-0.05, 0) is 56.7 Å². The van der Waals surface area contributed by atoms with E-state index in [2.05, 4.69) is 27.2 Å². The summed E-state index contributed by atoms with van der Waals surface area (Å²) in [6, 6.07) is 19.9. The molecule has 1 heterocycles. The number of carbonyl (C=O) groups excluding carboxylic acids is 1. The minimum Gasteiger partial charge on any atom is -0.318 e. The Morgan fingerprint density at radius 3 is 2.55 bits per heavy atom. The average molecular weight is 426 g/mol. The van der Waals surface area contributed by atoms with Crippen molar-refractivity contribution < 1.29 is 4.79 Å². The molecular formula is C23H24ClN3OS. The molecule has 1 atom stereocenters. The first-order valence-corrected chi connectivity index (χ1v) is 10.8. The van der Waals surface area contributed by atoms with Crippen molar-refractivity contribution in [3.63, 3.8) is 0 Å². The molecule has 29 heavy (non-hydrogen) atoms. The van der Waals surface area contributed by atoms with Gasteiger partial charge in [0.15, 0.2) is 0 Å². The number of aromatic nitrogens is 1. The average Bonchev–Trinajstić information content (AvgIpc) is 3.01. The van der Waals surface area contributed by atoms with Crippen LogP contribution in [-0.2, 0) is 10.5 Å². The Balaban J connectivity index is 1.60. The quantitative estimate of drug-likeness (QED) is 0.400. The van der Waals surface area contributed by atoms with E-state index in [1.54, 1.807) is 18.0 Å². The summed E-state index contributed by atoms with van der Waals surface area (Å²) in [4.78, 5) is 12.3. The molecule has 0 saturated carbocycles. The third kappa shape index (κ3) is 5.52. The molecule has 0 aliphatic carbocycles. The predicted molar refractivity (Wildman–Crippen MR) is 123 cm³/mol. The lowest BCUT2D eigenvalue weighted by atomic mass is 10.2. The van der Waals surface area contributed by atoms with Crippen LogP contribution in [0.15, 0.2) is 65.8 Å². The second-order valence-corrected chi connectivity index (χ2v) is 8.58. The van der Waals surface area contributed by atoms with Gasteiger partial charge in [-0.15, -0.1) is 11.8 Å². The fourth-order valence-corrected chi connectivity index (χ4v) is 4.00.